The molecule has 2 rings (SSSR count). The molecule has 0 atom stereocenters. The molecule has 0 saturated carbocycles. The maximum Gasteiger partial charge on any atom is 0.265 e. The molecule has 0 fully saturated rings. The molecule has 5 heteroatoms. The van der Waals surface area contributed by atoms with E-state index in [1.807, 2.05) is 6.07 Å². The summed E-state index contributed by atoms with van der Waals surface area (Å²) in [6.07, 6.45) is 1.75. The highest BCUT2D eigenvalue weighted by Gasteiger charge is 2.04. The van der Waals surface area contributed by atoms with Crippen LogP contribution in [0, 0.1) is 6.92 Å². The van der Waals surface area contributed by atoms with Crippen LogP contribution in [-0.4, -0.2) is 10.5 Å². The van der Waals surface area contributed by atoms with Crippen LogP contribution in [0.4, 0.5) is 0 Å². The molecule has 3 N–H and O–H groups in total. The number of hydrogen-bond acceptors (Lipinski definition) is 3. The number of hydrogen-bond donors (Lipinski definition) is 2. The van der Waals surface area contributed by atoms with Gasteiger partial charge in [-0.3, -0.25) is 15.0 Å². The van der Waals surface area contributed by atoms with Gasteiger partial charge in [-0.1, -0.05) is 18.2 Å². The normalized spacial score (nSPS) is 10.2. The molecule has 2 aromatic rings. The molecule has 0 aliphatic carbocycles. The van der Waals surface area contributed by atoms with E-state index >= 15 is 0 Å². The van der Waals surface area contributed by atoms with Gasteiger partial charge >= 0.3 is 0 Å². The van der Waals surface area contributed by atoms with Gasteiger partial charge in [-0.2, -0.15) is 0 Å². The second-order valence-electron chi connectivity index (χ2n) is 4.29. The van der Waals surface area contributed by atoms with E-state index in [4.69, 9.17) is 5.84 Å². The molecular formula is C14H15N3O2. The zero-order valence-electron chi connectivity index (χ0n) is 10.6. The summed E-state index contributed by atoms with van der Waals surface area (Å²) in [7, 11) is 0. The number of carbonyl (C=O) groups excluding carboxylic acids is 1. The highest BCUT2D eigenvalue weighted by molar-refractivity contribution is 5.93. The van der Waals surface area contributed by atoms with Crippen LogP contribution in [0.2, 0.25) is 0 Å². The molecule has 98 valence electrons. The fourth-order valence-electron chi connectivity index (χ4n) is 1.82. The summed E-state index contributed by atoms with van der Waals surface area (Å²) in [4.78, 5) is 23.2. The van der Waals surface area contributed by atoms with Gasteiger partial charge in [0.05, 0.1) is 6.54 Å². The monoisotopic (exact) mass is 257 g/mol. The fourth-order valence-corrected chi connectivity index (χ4v) is 1.82. The third kappa shape index (κ3) is 2.89. The first-order chi connectivity index (χ1) is 9.11. The van der Waals surface area contributed by atoms with Crippen molar-refractivity contribution in [2.45, 2.75) is 13.5 Å². The van der Waals surface area contributed by atoms with Gasteiger partial charge in [0.2, 0.25) is 0 Å². The Balaban J connectivity index is 2.22. The molecule has 5 nitrogen and oxygen atoms in total. The minimum Gasteiger partial charge on any atom is -0.311 e. The molecule has 0 bridgehead atoms. The van der Waals surface area contributed by atoms with E-state index in [-0.39, 0.29) is 11.5 Å². The van der Waals surface area contributed by atoms with Crippen LogP contribution < -0.4 is 16.8 Å². The largest absolute Gasteiger partial charge is 0.311 e. The maximum atomic E-state index is 11.9. The number of nitrogens with zero attached hydrogens (tertiary/aromatic N) is 1. The Kier molecular flexibility index (Phi) is 3.77. The summed E-state index contributed by atoms with van der Waals surface area (Å²) >= 11 is 0. The SMILES string of the molecule is Cc1cccn(Cc2ccc(C(=O)NN)cc2)c1=O. The highest BCUT2D eigenvalue weighted by atomic mass is 16.2. The average molecular weight is 257 g/mol. The van der Waals surface area contributed by atoms with Gasteiger partial charge in [-0.15, -0.1) is 0 Å². The molecule has 1 amide bonds. The van der Waals surface area contributed by atoms with E-state index in [0.717, 1.165) is 5.56 Å². The van der Waals surface area contributed by atoms with Crippen LogP contribution in [0.3, 0.4) is 0 Å². The lowest BCUT2D eigenvalue weighted by Crippen LogP contribution is -2.29. The summed E-state index contributed by atoms with van der Waals surface area (Å²) in [6.45, 7) is 2.26. The first kappa shape index (κ1) is 13.0. The summed E-state index contributed by atoms with van der Waals surface area (Å²) in [5.41, 5.74) is 4.21. The van der Waals surface area contributed by atoms with Crippen molar-refractivity contribution in [2.75, 3.05) is 0 Å². The average Bonchev–Trinajstić information content (AvgIpc) is 2.44. The van der Waals surface area contributed by atoms with Gasteiger partial charge < -0.3 is 4.57 Å². The topological polar surface area (TPSA) is 77.1 Å². The van der Waals surface area contributed by atoms with Crippen molar-refractivity contribution in [3.8, 4) is 0 Å². The molecular weight excluding hydrogens is 242 g/mol. The minimum absolute atomic E-state index is 0.00808. The van der Waals surface area contributed by atoms with Crippen LogP contribution >= 0.6 is 0 Å². The van der Waals surface area contributed by atoms with Crippen LogP contribution in [0.25, 0.3) is 0 Å². The number of hydrazine groups is 1. The molecule has 0 radical (unpaired) electrons. The van der Waals surface area contributed by atoms with Gasteiger partial charge in [-0.05, 0) is 30.7 Å². The second-order valence-corrected chi connectivity index (χ2v) is 4.29. The first-order valence-corrected chi connectivity index (χ1v) is 5.88. The van der Waals surface area contributed by atoms with Crippen molar-refractivity contribution in [3.05, 3.63) is 69.6 Å². The molecule has 1 aromatic heterocycles. The van der Waals surface area contributed by atoms with Crippen LogP contribution in [0.15, 0.2) is 47.4 Å². The van der Waals surface area contributed by atoms with E-state index in [9.17, 15) is 9.59 Å². The molecule has 0 aliphatic heterocycles. The molecule has 1 heterocycles. The number of amides is 1. The van der Waals surface area contributed by atoms with Crippen molar-refractivity contribution in [1.29, 1.82) is 0 Å². The zero-order valence-corrected chi connectivity index (χ0v) is 10.6. The fraction of sp³-hybridized carbons (Fsp3) is 0.143. The third-order valence-electron chi connectivity index (χ3n) is 2.91. The van der Waals surface area contributed by atoms with E-state index < -0.39 is 0 Å². The number of aryl methyl sites for hydroxylation is 1. The Morgan fingerprint density at radius 1 is 1.26 bits per heavy atom. The Morgan fingerprint density at radius 2 is 1.95 bits per heavy atom. The van der Waals surface area contributed by atoms with Gasteiger partial charge in [0, 0.05) is 17.3 Å². The van der Waals surface area contributed by atoms with Crippen molar-refractivity contribution in [3.63, 3.8) is 0 Å². The Hall–Kier alpha value is -2.40. The zero-order chi connectivity index (χ0) is 13.8. The summed E-state index contributed by atoms with van der Waals surface area (Å²) in [5.74, 6) is 4.72. The molecule has 0 aliphatic rings. The van der Waals surface area contributed by atoms with E-state index in [0.29, 0.717) is 17.7 Å². The van der Waals surface area contributed by atoms with E-state index in [1.165, 1.54) is 0 Å². The number of aromatic nitrogens is 1. The number of nitrogen functional groups attached to an aromatic ring is 1. The van der Waals surface area contributed by atoms with Crippen LogP contribution in [0.1, 0.15) is 21.5 Å². The second kappa shape index (κ2) is 5.49. The summed E-state index contributed by atoms with van der Waals surface area (Å²) < 4.78 is 1.63. The lowest BCUT2D eigenvalue weighted by atomic mass is 10.1. The van der Waals surface area contributed by atoms with Gasteiger partial charge in [0.1, 0.15) is 0 Å². The lowest BCUT2D eigenvalue weighted by Gasteiger charge is -2.07. The summed E-state index contributed by atoms with van der Waals surface area (Å²) in [5, 5.41) is 0. The lowest BCUT2D eigenvalue weighted by molar-refractivity contribution is 0.0953. The third-order valence-corrected chi connectivity index (χ3v) is 2.91. The molecule has 0 unspecified atom stereocenters. The van der Waals surface area contributed by atoms with E-state index in [2.05, 4.69) is 5.43 Å². The first-order valence-electron chi connectivity index (χ1n) is 5.88. The van der Waals surface area contributed by atoms with Gasteiger partial charge in [0.25, 0.3) is 11.5 Å². The highest BCUT2D eigenvalue weighted by Crippen LogP contribution is 2.05. The predicted octanol–water partition coefficient (Wildman–Crippen LogP) is 0.809. The maximum absolute atomic E-state index is 11.9. The Bertz CT molecular complexity index is 644. The van der Waals surface area contributed by atoms with Crippen molar-refractivity contribution in [1.82, 2.24) is 9.99 Å². The Labute approximate surface area is 110 Å². The molecule has 1 aromatic carbocycles. The standard InChI is InChI=1S/C14H15N3O2/c1-10-3-2-8-17(14(10)19)9-11-4-6-12(7-5-11)13(18)16-15/h2-8H,9,15H2,1H3,(H,16,18). The number of pyridine rings is 1. The quantitative estimate of drug-likeness (QED) is 0.485. The van der Waals surface area contributed by atoms with Gasteiger partial charge in [-0.25, -0.2) is 5.84 Å². The van der Waals surface area contributed by atoms with Crippen molar-refractivity contribution in [2.24, 2.45) is 5.84 Å². The predicted molar refractivity (Wildman–Crippen MR) is 72.6 cm³/mol. The number of rotatable bonds is 3. The van der Waals surface area contributed by atoms with Gasteiger partial charge in [0.15, 0.2) is 0 Å². The van der Waals surface area contributed by atoms with Crippen molar-refractivity contribution >= 4 is 5.91 Å². The number of benzene rings is 1. The van der Waals surface area contributed by atoms with Crippen LogP contribution in [-0.2, 0) is 6.54 Å². The molecule has 0 saturated heterocycles. The Morgan fingerprint density at radius 3 is 2.58 bits per heavy atom. The minimum atomic E-state index is -0.334. The van der Waals surface area contributed by atoms with E-state index in [1.54, 1.807) is 48.0 Å². The number of nitrogens with one attached hydrogen (secondary N) is 1. The van der Waals surface area contributed by atoms with Crippen molar-refractivity contribution < 1.29 is 4.79 Å². The molecule has 0 spiro atoms. The number of carbonyl (C=O) groups is 1. The summed E-state index contributed by atoms with van der Waals surface area (Å²) in [6, 6.07) is 10.6. The smallest absolute Gasteiger partial charge is 0.265 e. The van der Waals surface area contributed by atoms with Crippen LogP contribution in [0.5, 0.6) is 0 Å². The molecule has 19 heavy (non-hydrogen) atoms. The number of nitrogens with two attached hydrogens (primary N) is 1.